The third-order valence-corrected chi connectivity index (χ3v) is 4.60. The maximum atomic E-state index is 9.26. The lowest BCUT2D eigenvalue weighted by Gasteiger charge is -2.39. The zero-order valence-electron chi connectivity index (χ0n) is 11.0. The summed E-state index contributed by atoms with van der Waals surface area (Å²) in [6.07, 6.45) is 4.84. The maximum Gasteiger partial charge on any atom is 0.115 e. The third-order valence-electron chi connectivity index (χ3n) is 4.09. The Kier molecular flexibility index (Phi) is 4.52. The van der Waals surface area contributed by atoms with Crippen LogP contribution in [0.25, 0.3) is 0 Å². The second kappa shape index (κ2) is 5.94. The zero-order valence-corrected chi connectivity index (χ0v) is 11.7. The molecule has 0 spiro atoms. The predicted molar refractivity (Wildman–Crippen MR) is 76.0 cm³/mol. The minimum absolute atomic E-state index is 0.103. The molecule has 2 N–H and O–H groups in total. The van der Waals surface area contributed by atoms with Crippen molar-refractivity contribution in [2.45, 2.75) is 44.7 Å². The topological polar surface area (TPSA) is 32.3 Å². The van der Waals surface area contributed by atoms with Gasteiger partial charge < -0.3 is 10.4 Å². The standard InChI is InChI=1S/C15H22ClNO/c1-12-6-8-15(11-16,9-7-12)17-10-13-2-4-14(18)5-3-13/h2-5,12,17-18H,6-11H2,1H3. The van der Waals surface area contributed by atoms with Crippen LogP contribution in [-0.2, 0) is 6.54 Å². The Hall–Kier alpha value is -0.730. The van der Waals surface area contributed by atoms with Crippen molar-refractivity contribution in [2.24, 2.45) is 5.92 Å². The van der Waals surface area contributed by atoms with Gasteiger partial charge in [-0.2, -0.15) is 0 Å². The summed E-state index contributed by atoms with van der Waals surface area (Å²) in [5.41, 5.74) is 1.29. The molecule has 0 atom stereocenters. The summed E-state index contributed by atoms with van der Waals surface area (Å²) in [6, 6.07) is 7.37. The summed E-state index contributed by atoms with van der Waals surface area (Å²) < 4.78 is 0. The lowest BCUT2D eigenvalue weighted by molar-refractivity contribution is 0.216. The molecule has 1 saturated carbocycles. The summed E-state index contributed by atoms with van der Waals surface area (Å²) in [5, 5.41) is 12.9. The first-order valence-corrected chi connectivity index (χ1v) is 7.26. The molecule has 1 aliphatic rings. The van der Waals surface area contributed by atoms with Crippen molar-refractivity contribution in [3.05, 3.63) is 29.8 Å². The molecular formula is C15H22ClNO. The van der Waals surface area contributed by atoms with Crippen molar-refractivity contribution in [2.75, 3.05) is 5.88 Å². The zero-order chi connectivity index (χ0) is 13.0. The average Bonchev–Trinajstić information content (AvgIpc) is 2.41. The van der Waals surface area contributed by atoms with Crippen LogP contribution in [0.1, 0.15) is 38.2 Å². The molecule has 1 aromatic carbocycles. The first kappa shape index (κ1) is 13.7. The van der Waals surface area contributed by atoms with E-state index in [1.807, 2.05) is 12.1 Å². The van der Waals surface area contributed by atoms with Gasteiger partial charge in [0.2, 0.25) is 0 Å². The summed E-state index contributed by atoms with van der Waals surface area (Å²) >= 11 is 6.17. The Morgan fingerprint density at radius 3 is 2.44 bits per heavy atom. The highest BCUT2D eigenvalue weighted by molar-refractivity contribution is 6.18. The molecule has 3 heteroatoms. The van der Waals surface area contributed by atoms with Crippen LogP contribution in [0.4, 0.5) is 0 Å². The number of phenols is 1. The third kappa shape index (κ3) is 3.39. The minimum atomic E-state index is 0.103. The molecule has 0 aromatic heterocycles. The Bertz CT molecular complexity index is 369. The number of alkyl halides is 1. The Labute approximate surface area is 114 Å². The molecule has 2 rings (SSSR count). The fourth-order valence-electron chi connectivity index (χ4n) is 2.58. The molecule has 100 valence electrons. The lowest BCUT2D eigenvalue weighted by Crippen LogP contribution is -2.49. The molecule has 0 aliphatic heterocycles. The number of benzene rings is 1. The van der Waals surface area contributed by atoms with Crippen LogP contribution in [0, 0.1) is 5.92 Å². The van der Waals surface area contributed by atoms with E-state index in [0.29, 0.717) is 11.6 Å². The summed E-state index contributed by atoms with van der Waals surface area (Å²) in [5.74, 6) is 1.83. The molecule has 0 saturated heterocycles. The van der Waals surface area contributed by atoms with E-state index in [2.05, 4.69) is 12.2 Å². The van der Waals surface area contributed by atoms with Crippen LogP contribution in [-0.4, -0.2) is 16.5 Å². The number of hydrogen-bond acceptors (Lipinski definition) is 2. The van der Waals surface area contributed by atoms with Gasteiger partial charge in [-0.05, 0) is 49.3 Å². The van der Waals surface area contributed by atoms with E-state index >= 15 is 0 Å². The summed E-state index contributed by atoms with van der Waals surface area (Å²) in [6.45, 7) is 3.14. The van der Waals surface area contributed by atoms with Crippen molar-refractivity contribution in [3.8, 4) is 5.75 Å². The van der Waals surface area contributed by atoms with Crippen LogP contribution in [0.15, 0.2) is 24.3 Å². The van der Waals surface area contributed by atoms with Crippen molar-refractivity contribution in [1.82, 2.24) is 5.32 Å². The smallest absolute Gasteiger partial charge is 0.115 e. The van der Waals surface area contributed by atoms with Crippen LogP contribution < -0.4 is 5.32 Å². The van der Waals surface area contributed by atoms with Crippen molar-refractivity contribution >= 4 is 11.6 Å². The number of rotatable bonds is 4. The normalized spacial score (nSPS) is 28.2. The quantitative estimate of drug-likeness (QED) is 0.816. The Balaban J connectivity index is 1.92. The molecule has 1 fully saturated rings. The van der Waals surface area contributed by atoms with Gasteiger partial charge >= 0.3 is 0 Å². The Morgan fingerprint density at radius 1 is 1.28 bits per heavy atom. The molecule has 2 nitrogen and oxygen atoms in total. The maximum absolute atomic E-state index is 9.26. The summed E-state index contributed by atoms with van der Waals surface area (Å²) in [7, 11) is 0. The number of phenolic OH excluding ortho intramolecular Hbond substituents is 1. The Morgan fingerprint density at radius 2 is 1.89 bits per heavy atom. The number of halogens is 1. The van der Waals surface area contributed by atoms with Gasteiger partial charge in [-0.15, -0.1) is 11.6 Å². The number of nitrogens with one attached hydrogen (secondary N) is 1. The molecule has 0 amide bonds. The van der Waals surface area contributed by atoms with E-state index in [1.165, 1.54) is 18.4 Å². The second-order valence-corrected chi connectivity index (χ2v) is 5.88. The average molecular weight is 268 g/mol. The van der Waals surface area contributed by atoms with Gasteiger partial charge in [0.25, 0.3) is 0 Å². The van der Waals surface area contributed by atoms with E-state index in [1.54, 1.807) is 12.1 Å². The second-order valence-electron chi connectivity index (χ2n) is 5.62. The van der Waals surface area contributed by atoms with Crippen molar-refractivity contribution in [1.29, 1.82) is 0 Å². The first-order chi connectivity index (χ1) is 8.63. The van der Waals surface area contributed by atoms with Crippen LogP contribution in [0.2, 0.25) is 0 Å². The van der Waals surface area contributed by atoms with Gasteiger partial charge in [0.05, 0.1) is 0 Å². The first-order valence-electron chi connectivity index (χ1n) is 6.72. The van der Waals surface area contributed by atoms with Gasteiger partial charge in [0.1, 0.15) is 5.75 Å². The highest BCUT2D eigenvalue weighted by atomic mass is 35.5. The monoisotopic (exact) mass is 267 g/mol. The molecule has 1 aliphatic carbocycles. The van der Waals surface area contributed by atoms with Gasteiger partial charge in [-0.25, -0.2) is 0 Å². The van der Waals surface area contributed by atoms with Crippen LogP contribution in [0.3, 0.4) is 0 Å². The molecule has 1 aromatic rings. The molecule has 0 heterocycles. The highest BCUT2D eigenvalue weighted by Gasteiger charge is 2.32. The number of aromatic hydroxyl groups is 1. The molecule has 0 unspecified atom stereocenters. The van der Waals surface area contributed by atoms with Crippen LogP contribution in [0.5, 0.6) is 5.75 Å². The van der Waals surface area contributed by atoms with Gasteiger partial charge in [0.15, 0.2) is 0 Å². The largest absolute Gasteiger partial charge is 0.508 e. The van der Waals surface area contributed by atoms with Gasteiger partial charge in [0, 0.05) is 18.0 Å². The van der Waals surface area contributed by atoms with E-state index in [4.69, 9.17) is 11.6 Å². The van der Waals surface area contributed by atoms with Crippen molar-refractivity contribution < 1.29 is 5.11 Å². The lowest BCUT2D eigenvalue weighted by atomic mass is 9.78. The van der Waals surface area contributed by atoms with E-state index in [9.17, 15) is 5.11 Å². The molecule has 0 radical (unpaired) electrons. The van der Waals surface area contributed by atoms with Gasteiger partial charge in [-0.3, -0.25) is 0 Å². The van der Waals surface area contributed by atoms with Crippen molar-refractivity contribution in [3.63, 3.8) is 0 Å². The minimum Gasteiger partial charge on any atom is -0.508 e. The van der Waals surface area contributed by atoms with Gasteiger partial charge in [-0.1, -0.05) is 19.1 Å². The SMILES string of the molecule is CC1CCC(CCl)(NCc2ccc(O)cc2)CC1. The van der Waals surface area contributed by atoms with E-state index < -0.39 is 0 Å². The highest BCUT2D eigenvalue weighted by Crippen LogP contribution is 2.33. The fraction of sp³-hybridized carbons (Fsp3) is 0.600. The molecular weight excluding hydrogens is 246 g/mol. The fourth-order valence-corrected chi connectivity index (χ4v) is 2.94. The summed E-state index contributed by atoms with van der Waals surface area (Å²) in [4.78, 5) is 0. The van der Waals surface area contributed by atoms with Crippen LogP contribution >= 0.6 is 11.6 Å². The molecule has 0 bridgehead atoms. The van der Waals surface area contributed by atoms with E-state index in [0.717, 1.165) is 25.3 Å². The van der Waals surface area contributed by atoms with E-state index in [-0.39, 0.29) is 5.54 Å². The molecule has 18 heavy (non-hydrogen) atoms. The number of hydrogen-bond donors (Lipinski definition) is 2. The predicted octanol–water partition coefficient (Wildman–Crippen LogP) is 3.67.